The molecule has 0 amide bonds. The number of ketones is 1. The monoisotopic (exact) mass is 414 g/mol. The fourth-order valence-corrected chi connectivity index (χ4v) is 7.34. The van der Waals surface area contributed by atoms with Gasteiger partial charge in [0.2, 0.25) is 0 Å². The molecule has 4 rings (SSSR count). The van der Waals surface area contributed by atoms with Crippen molar-refractivity contribution in [2.75, 3.05) is 6.61 Å². The number of carbonyl (C=O) groups excluding carboxylic acids is 2. The van der Waals surface area contributed by atoms with Crippen molar-refractivity contribution in [2.24, 2.45) is 39.9 Å². The van der Waals surface area contributed by atoms with E-state index in [9.17, 15) is 14.7 Å². The van der Waals surface area contributed by atoms with Crippen LogP contribution in [0.1, 0.15) is 73.1 Å². The van der Waals surface area contributed by atoms with Crippen molar-refractivity contribution in [3.8, 4) is 0 Å². The number of aliphatic hydroxyl groups is 1. The van der Waals surface area contributed by atoms with E-state index in [1.807, 2.05) is 20.8 Å². The first-order valence-corrected chi connectivity index (χ1v) is 11.8. The number of esters is 1. The van der Waals surface area contributed by atoms with Crippen LogP contribution in [-0.2, 0) is 14.3 Å². The molecule has 0 radical (unpaired) electrons. The van der Waals surface area contributed by atoms with Crippen LogP contribution in [0, 0.1) is 39.9 Å². The highest BCUT2D eigenvalue weighted by atomic mass is 16.5. The molecule has 4 heteroatoms. The van der Waals surface area contributed by atoms with E-state index >= 15 is 0 Å². The summed E-state index contributed by atoms with van der Waals surface area (Å²) in [5, 5.41) is 10.5. The van der Waals surface area contributed by atoms with Crippen molar-refractivity contribution in [3.05, 3.63) is 23.8 Å². The predicted molar refractivity (Wildman–Crippen MR) is 117 cm³/mol. The second-order valence-corrected chi connectivity index (χ2v) is 11.6. The quantitative estimate of drug-likeness (QED) is 0.670. The maximum atomic E-state index is 12.5. The Kier molecular flexibility index (Phi) is 5.32. The fourth-order valence-electron chi connectivity index (χ4n) is 7.34. The molecule has 4 aliphatic rings. The highest BCUT2D eigenvalue weighted by Gasteiger charge is 2.60. The fraction of sp³-hybridized carbons (Fsp3) is 0.769. The summed E-state index contributed by atoms with van der Waals surface area (Å²) >= 11 is 0. The second-order valence-electron chi connectivity index (χ2n) is 11.6. The lowest BCUT2D eigenvalue weighted by molar-refractivity contribution is -0.164. The van der Waals surface area contributed by atoms with Crippen molar-refractivity contribution < 1.29 is 19.4 Å². The molecule has 0 saturated heterocycles. The average molecular weight is 415 g/mol. The van der Waals surface area contributed by atoms with Crippen LogP contribution in [0.5, 0.6) is 0 Å². The van der Waals surface area contributed by atoms with Gasteiger partial charge in [-0.05, 0) is 94.6 Å². The molecule has 2 saturated carbocycles. The minimum absolute atomic E-state index is 0.0783. The van der Waals surface area contributed by atoms with Crippen molar-refractivity contribution >= 4 is 11.8 Å². The van der Waals surface area contributed by atoms with Crippen LogP contribution in [0.25, 0.3) is 0 Å². The number of allylic oxidation sites excluding steroid dienone is 3. The van der Waals surface area contributed by atoms with Gasteiger partial charge in [0.1, 0.15) is 6.10 Å². The number of rotatable bonds is 3. The number of hydrogen-bond acceptors (Lipinski definition) is 4. The summed E-state index contributed by atoms with van der Waals surface area (Å²) in [5.41, 5.74) is 0.460. The van der Waals surface area contributed by atoms with Gasteiger partial charge in [0.25, 0.3) is 0 Å². The summed E-state index contributed by atoms with van der Waals surface area (Å²) in [6.45, 7) is 10.3. The van der Waals surface area contributed by atoms with Gasteiger partial charge in [-0.25, -0.2) is 0 Å². The van der Waals surface area contributed by atoms with E-state index < -0.39 is 5.41 Å². The Hall–Kier alpha value is -1.42. The van der Waals surface area contributed by atoms with E-state index in [-0.39, 0.29) is 35.3 Å². The number of hydrogen-bond donors (Lipinski definition) is 1. The van der Waals surface area contributed by atoms with E-state index in [0.29, 0.717) is 30.1 Å². The van der Waals surface area contributed by atoms with E-state index in [2.05, 4.69) is 26.0 Å². The highest BCUT2D eigenvalue weighted by Crippen LogP contribution is 2.65. The second kappa shape index (κ2) is 7.32. The molecule has 1 N–H and O–H groups in total. The van der Waals surface area contributed by atoms with Gasteiger partial charge in [-0.2, -0.15) is 0 Å². The Morgan fingerprint density at radius 1 is 1.23 bits per heavy atom. The molecule has 166 valence electrons. The maximum absolute atomic E-state index is 12.5. The Labute approximate surface area is 181 Å². The zero-order valence-corrected chi connectivity index (χ0v) is 19.2. The van der Waals surface area contributed by atoms with Gasteiger partial charge >= 0.3 is 5.97 Å². The SMILES string of the molecule is C[C@H](OC(=O)C(C)(C)C)[C@H]1CC[C@H]2[C@@H]3C=CC4=CC(=O)CC[C@]4(CO)[C@H]3CC[C@]12C. The zero-order valence-electron chi connectivity index (χ0n) is 19.2. The first-order chi connectivity index (χ1) is 14.0. The molecule has 0 heterocycles. The normalized spacial score (nSPS) is 41.4. The Bertz CT molecular complexity index is 787. The first-order valence-electron chi connectivity index (χ1n) is 11.8. The van der Waals surface area contributed by atoms with Crippen LogP contribution in [0.4, 0.5) is 0 Å². The van der Waals surface area contributed by atoms with Crippen LogP contribution in [0.2, 0.25) is 0 Å². The topological polar surface area (TPSA) is 63.6 Å². The van der Waals surface area contributed by atoms with Crippen molar-refractivity contribution in [1.82, 2.24) is 0 Å². The summed E-state index contributed by atoms with van der Waals surface area (Å²) in [4.78, 5) is 24.5. The molecular weight excluding hydrogens is 376 g/mol. The van der Waals surface area contributed by atoms with Crippen molar-refractivity contribution in [2.45, 2.75) is 79.2 Å². The van der Waals surface area contributed by atoms with Crippen LogP contribution >= 0.6 is 0 Å². The lowest BCUT2D eigenvalue weighted by Crippen LogP contribution is -2.52. The van der Waals surface area contributed by atoms with Gasteiger partial charge in [-0.1, -0.05) is 19.1 Å². The zero-order chi connectivity index (χ0) is 21.9. The molecule has 0 spiro atoms. The summed E-state index contributed by atoms with van der Waals surface area (Å²) < 4.78 is 5.94. The van der Waals surface area contributed by atoms with Gasteiger partial charge in [-0.15, -0.1) is 0 Å². The van der Waals surface area contributed by atoms with E-state index in [1.165, 1.54) is 0 Å². The molecule has 0 aromatic carbocycles. The lowest BCUT2D eigenvalue weighted by atomic mass is 9.48. The predicted octanol–water partition coefficient (Wildman–Crippen LogP) is 4.86. The largest absolute Gasteiger partial charge is 0.462 e. The van der Waals surface area contributed by atoms with E-state index in [4.69, 9.17) is 4.74 Å². The molecule has 4 nitrogen and oxygen atoms in total. The number of ether oxygens (including phenoxy) is 1. The molecular formula is C26H38O4. The minimum Gasteiger partial charge on any atom is -0.462 e. The molecule has 0 aromatic rings. The number of fused-ring (bicyclic) bond motifs is 5. The summed E-state index contributed by atoms with van der Waals surface area (Å²) in [6, 6.07) is 0. The average Bonchev–Trinajstić information content (AvgIpc) is 3.04. The van der Waals surface area contributed by atoms with Gasteiger partial charge in [0, 0.05) is 17.8 Å². The Morgan fingerprint density at radius 2 is 1.97 bits per heavy atom. The minimum atomic E-state index is -0.481. The molecule has 0 aromatic heterocycles. The third-order valence-corrected chi connectivity index (χ3v) is 9.08. The summed E-state index contributed by atoms with van der Waals surface area (Å²) in [6.07, 6.45) is 11.9. The third kappa shape index (κ3) is 3.21. The van der Waals surface area contributed by atoms with Gasteiger partial charge in [-0.3, -0.25) is 9.59 Å². The molecule has 0 unspecified atom stereocenters. The smallest absolute Gasteiger partial charge is 0.311 e. The van der Waals surface area contributed by atoms with Crippen molar-refractivity contribution in [1.29, 1.82) is 0 Å². The summed E-state index contributed by atoms with van der Waals surface area (Å²) in [5.74, 6) is 1.81. The lowest BCUT2D eigenvalue weighted by Gasteiger charge is -2.56. The van der Waals surface area contributed by atoms with E-state index in [0.717, 1.165) is 37.7 Å². The molecule has 0 aliphatic heterocycles. The molecule has 30 heavy (non-hydrogen) atoms. The van der Waals surface area contributed by atoms with Crippen LogP contribution in [0.3, 0.4) is 0 Å². The molecule has 7 atom stereocenters. The van der Waals surface area contributed by atoms with Gasteiger partial charge in [0.05, 0.1) is 12.0 Å². The van der Waals surface area contributed by atoms with Crippen molar-refractivity contribution in [3.63, 3.8) is 0 Å². The Morgan fingerprint density at radius 3 is 2.63 bits per heavy atom. The van der Waals surface area contributed by atoms with Crippen LogP contribution < -0.4 is 0 Å². The van der Waals surface area contributed by atoms with Crippen LogP contribution in [0.15, 0.2) is 23.8 Å². The summed E-state index contributed by atoms with van der Waals surface area (Å²) in [7, 11) is 0. The molecule has 0 bridgehead atoms. The standard InChI is InChI=1S/C26H38O4/c1-16(30-23(29)24(2,3)4)20-8-9-21-19-7-6-17-14-18(28)10-13-26(17,15-27)22(19)11-12-25(20,21)5/h6-7,14,16,19-22,27H,8-13,15H2,1-5H3/t16-,19-,20+,21-,22-,25+,26+/m0/s1. The molecule has 2 fully saturated rings. The van der Waals surface area contributed by atoms with Crippen LogP contribution in [-0.4, -0.2) is 29.6 Å². The highest BCUT2D eigenvalue weighted by molar-refractivity contribution is 5.92. The number of aliphatic hydroxyl groups excluding tert-OH is 1. The first kappa shape index (κ1) is 21.8. The van der Waals surface area contributed by atoms with Gasteiger partial charge in [0.15, 0.2) is 5.78 Å². The number of carbonyl (C=O) groups is 2. The molecule has 4 aliphatic carbocycles. The third-order valence-electron chi connectivity index (χ3n) is 9.08. The maximum Gasteiger partial charge on any atom is 0.311 e. The van der Waals surface area contributed by atoms with Gasteiger partial charge < -0.3 is 9.84 Å². The van der Waals surface area contributed by atoms with E-state index in [1.54, 1.807) is 6.08 Å². The Balaban J connectivity index is 1.59.